The van der Waals surface area contributed by atoms with Crippen LogP contribution in [0.1, 0.15) is 23.1 Å². The fourth-order valence-corrected chi connectivity index (χ4v) is 2.96. The summed E-state index contributed by atoms with van der Waals surface area (Å²) in [6, 6.07) is 3.68. The third-order valence-electron chi connectivity index (χ3n) is 3.15. The molecule has 1 aliphatic rings. The van der Waals surface area contributed by atoms with Gasteiger partial charge in [0.2, 0.25) is 11.8 Å². The molecule has 1 aliphatic heterocycles. The predicted octanol–water partition coefficient (Wildman–Crippen LogP) is 1.81. The van der Waals surface area contributed by atoms with Crippen LogP contribution in [0.3, 0.4) is 0 Å². The monoisotopic (exact) mass is 278 g/mol. The van der Waals surface area contributed by atoms with Crippen molar-refractivity contribution in [3.05, 3.63) is 28.0 Å². The molecule has 19 heavy (non-hydrogen) atoms. The van der Waals surface area contributed by atoms with Gasteiger partial charge < -0.3 is 10.2 Å². The van der Waals surface area contributed by atoms with Crippen LogP contribution in [0.4, 0.5) is 0 Å². The minimum Gasteiger partial charge on any atom is -0.353 e. The van der Waals surface area contributed by atoms with Gasteiger partial charge in [0, 0.05) is 28.9 Å². The summed E-state index contributed by atoms with van der Waals surface area (Å²) < 4.78 is 0. The van der Waals surface area contributed by atoms with Crippen LogP contribution >= 0.6 is 11.3 Å². The molecule has 1 aromatic heterocycles. The molecule has 1 N–H and O–H groups in total. The molecule has 2 amide bonds. The number of nitrogens with one attached hydrogen (secondary N) is 1. The Morgan fingerprint density at radius 1 is 1.58 bits per heavy atom. The molecule has 1 fully saturated rings. The highest BCUT2D eigenvalue weighted by atomic mass is 32.1. The highest BCUT2D eigenvalue weighted by Crippen LogP contribution is 2.17. The van der Waals surface area contributed by atoms with E-state index in [1.54, 1.807) is 22.3 Å². The van der Waals surface area contributed by atoms with E-state index in [1.165, 1.54) is 4.88 Å². The van der Waals surface area contributed by atoms with Gasteiger partial charge in [0.1, 0.15) is 6.04 Å². The molecule has 1 unspecified atom stereocenters. The Labute approximate surface area is 117 Å². The topological polar surface area (TPSA) is 49.4 Å². The van der Waals surface area contributed by atoms with E-state index in [2.05, 4.69) is 5.32 Å². The van der Waals surface area contributed by atoms with Gasteiger partial charge >= 0.3 is 0 Å². The second-order valence-corrected chi connectivity index (χ2v) is 5.85. The van der Waals surface area contributed by atoms with Crippen molar-refractivity contribution in [1.29, 1.82) is 0 Å². The molecule has 1 atom stereocenters. The lowest BCUT2D eigenvalue weighted by molar-refractivity contribution is -0.140. The fraction of sp³-hybridized carbons (Fsp3) is 0.429. The lowest BCUT2D eigenvalue weighted by atomic mass is 10.1. The number of carbonyl (C=O) groups excluding carboxylic acids is 2. The van der Waals surface area contributed by atoms with Gasteiger partial charge in [-0.2, -0.15) is 0 Å². The van der Waals surface area contributed by atoms with Crippen LogP contribution < -0.4 is 5.32 Å². The van der Waals surface area contributed by atoms with Gasteiger partial charge in [-0.15, -0.1) is 11.3 Å². The van der Waals surface area contributed by atoms with Crippen molar-refractivity contribution in [2.75, 3.05) is 13.1 Å². The first-order valence-corrected chi connectivity index (χ1v) is 7.26. The van der Waals surface area contributed by atoms with E-state index in [0.717, 1.165) is 4.88 Å². The lowest BCUT2D eigenvalue weighted by Gasteiger charge is -2.33. The zero-order chi connectivity index (χ0) is 13.8. The van der Waals surface area contributed by atoms with E-state index in [0.29, 0.717) is 19.5 Å². The first-order valence-electron chi connectivity index (χ1n) is 6.44. The van der Waals surface area contributed by atoms with Crippen molar-refractivity contribution in [2.24, 2.45) is 0 Å². The Balaban J connectivity index is 2.06. The van der Waals surface area contributed by atoms with Crippen LogP contribution in [0.15, 0.2) is 18.2 Å². The van der Waals surface area contributed by atoms with E-state index < -0.39 is 0 Å². The summed E-state index contributed by atoms with van der Waals surface area (Å²) in [5.74, 6) is -0.143. The van der Waals surface area contributed by atoms with Crippen molar-refractivity contribution < 1.29 is 9.59 Å². The molecular formula is C14H18N2O2S. The van der Waals surface area contributed by atoms with Gasteiger partial charge in [-0.1, -0.05) is 6.92 Å². The first kappa shape index (κ1) is 13.8. The van der Waals surface area contributed by atoms with Gasteiger partial charge in [0.05, 0.1) is 0 Å². The second-order valence-electron chi connectivity index (χ2n) is 4.53. The standard InChI is InChI=1S/C14H18N2O2S/c1-3-12-14(18)15-8-9-16(12)13(17)7-6-11-5-4-10(2)19-11/h4-7,12H,3,8-9H2,1-2H3,(H,15,18). The predicted molar refractivity (Wildman–Crippen MR) is 76.9 cm³/mol. The molecule has 0 aliphatic carbocycles. The van der Waals surface area contributed by atoms with Gasteiger partial charge in [-0.25, -0.2) is 0 Å². The molecule has 2 rings (SSSR count). The lowest BCUT2D eigenvalue weighted by Crippen LogP contribution is -2.56. The van der Waals surface area contributed by atoms with Crippen molar-refractivity contribution >= 4 is 29.2 Å². The maximum absolute atomic E-state index is 12.2. The van der Waals surface area contributed by atoms with Crippen LogP contribution in [0.2, 0.25) is 0 Å². The molecule has 1 aromatic rings. The Bertz CT molecular complexity index is 507. The number of hydrogen-bond donors (Lipinski definition) is 1. The number of aryl methyl sites for hydroxylation is 1. The normalized spacial score (nSPS) is 19.8. The Hall–Kier alpha value is -1.62. The molecule has 102 valence electrons. The highest BCUT2D eigenvalue weighted by Gasteiger charge is 2.30. The summed E-state index contributed by atoms with van der Waals surface area (Å²) in [5.41, 5.74) is 0. The third-order valence-corrected chi connectivity index (χ3v) is 4.12. The van der Waals surface area contributed by atoms with Gasteiger partial charge in [-0.05, 0) is 31.6 Å². The van der Waals surface area contributed by atoms with Crippen LogP contribution in [0.5, 0.6) is 0 Å². The van der Waals surface area contributed by atoms with Gasteiger partial charge in [-0.3, -0.25) is 9.59 Å². The number of amides is 2. The molecule has 4 nitrogen and oxygen atoms in total. The molecule has 0 aromatic carbocycles. The summed E-state index contributed by atoms with van der Waals surface area (Å²) >= 11 is 1.65. The Morgan fingerprint density at radius 2 is 2.37 bits per heavy atom. The van der Waals surface area contributed by atoms with Crippen molar-refractivity contribution in [3.63, 3.8) is 0 Å². The smallest absolute Gasteiger partial charge is 0.247 e. The van der Waals surface area contributed by atoms with Crippen LogP contribution in [0.25, 0.3) is 6.08 Å². The van der Waals surface area contributed by atoms with E-state index in [4.69, 9.17) is 0 Å². The van der Waals surface area contributed by atoms with E-state index >= 15 is 0 Å². The van der Waals surface area contributed by atoms with E-state index in [1.807, 2.05) is 32.1 Å². The number of thiophene rings is 1. The minimum absolute atomic E-state index is 0.0533. The van der Waals surface area contributed by atoms with E-state index in [9.17, 15) is 9.59 Å². The third kappa shape index (κ3) is 3.23. The summed E-state index contributed by atoms with van der Waals surface area (Å²) in [4.78, 5) is 27.8. The number of nitrogens with zero attached hydrogens (tertiary/aromatic N) is 1. The highest BCUT2D eigenvalue weighted by molar-refractivity contribution is 7.12. The van der Waals surface area contributed by atoms with E-state index in [-0.39, 0.29) is 17.9 Å². The minimum atomic E-state index is -0.337. The largest absolute Gasteiger partial charge is 0.353 e. The van der Waals surface area contributed by atoms with Crippen LogP contribution in [-0.2, 0) is 9.59 Å². The molecule has 2 heterocycles. The quantitative estimate of drug-likeness (QED) is 0.857. The average Bonchev–Trinajstić information content (AvgIpc) is 2.81. The van der Waals surface area contributed by atoms with Crippen molar-refractivity contribution in [1.82, 2.24) is 10.2 Å². The first-order chi connectivity index (χ1) is 9.11. The van der Waals surface area contributed by atoms with Gasteiger partial charge in [0.15, 0.2) is 0 Å². The molecular weight excluding hydrogens is 260 g/mol. The summed E-state index contributed by atoms with van der Waals surface area (Å²) in [6.45, 7) is 5.07. The molecule has 0 spiro atoms. The van der Waals surface area contributed by atoms with Crippen LogP contribution in [0, 0.1) is 6.92 Å². The van der Waals surface area contributed by atoms with Gasteiger partial charge in [0.25, 0.3) is 0 Å². The zero-order valence-corrected chi connectivity index (χ0v) is 12.0. The zero-order valence-electron chi connectivity index (χ0n) is 11.2. The summed E-state index contributed by atoms with van der Waals surface area (Å²) in [5, 5.41) is 2.79. The SMILES string of the molecule is CCC1C(=O)NCCN1C(=O)C=Cc1ccc(C)s1. The molecule has 0 bridgehead atoms. The maximum Gasteiger partial charge on any atom is 0.247 e. The number of hydrogen-bond acceptors (Lipinski definition) is 3. The molecule has 0 radical (unpaired) electrons. The molecule has 0 saturated carbocycles. The number of carbonyl (C=O) groups is 2. The second kappa shape index (κ2) is 6.02. The van der Waals surface area contributed by atoms with Crippen molar-refractivity contribution in [3.8, 4) is 0 Å². The summed E-state index contributed by atoms with van der Waals surface area (Å²) in [6.07, 6.45) is 4.02. The van der Waals surface area contributed by atoms with Crippen molar-refractivity contribution in [2.45, 2.75) is 26.3 Å². The Kier molecular flexibility index (Phi) is 4.37. The maximum atomic E-state index is 12.2. The number of piperazine rings is 1. The Morgan fingerprint density at radius 3 is 3.00 bits per heavy atom. The fourth-order valence-electron chi connectivity index (χ4n) is 2.18. The molecule has 5 heteroatoms. The summed E-state index contributed by atoms with van der Waals surface area (Å²) in [7, 11) is 0. The average molecular weight is 278 g/mol. The number of rotatable bonds is 3. The van der Waals surface area contributed by atoms with Crippen LogP contribution in [-0.4, -0.2) is 35.8 Å². The molecule has 1 saturated heterocycles.